The minimum Gasteiger partial charge on any atom is -0.0622 e. The van der Waals surface area contributed by atoms with Gasteiger partial charge in [0.2, 0.25) is 0 Å². The lowest BCUT2D eigenvalue weighted by atomic mass is 9.83. The summed E-state index contributed by atoms with van der Waals surface area (Å²) < 4.78 is 271. The van der Waals surface area contributed by atoms with E-state index in [4.69, 9.17) is 24.7 Å². The summed E-state index contributed by atoms with van der Waals surface area (Å²) in [6.07, 6.45) is 0. The third-order valence-electron chi connectivity index (χ3n) is 7.31. The fraction of sp³-hybridized carbons (Fsp3) is 0. The first-order valence-corrected chi connectivity index (χ1v) is 13.5. The van der Waals surface area contributed by atoms with E-state index < -0.39 is 269 Å². The fourth-order valence-corrected chi connectivity index (χ4v) is 5.41. The van der Waals surface area contributed by atoms with Crippen LogP contribution in [0.1, 0.15) is 41.1 Å². The minimum atomic E-state index is -1.18. The molecular weight excluding hydrogens is 553 g/mol. The zero-order valence-corrected chi connectivity index (χ0v) is 23.0. The summed E-state index contributed by atoms with van der Waals surface area (Å²) in [4.78, 5) is 0. The second kappa shape index (κ2) is 10.9. The first-order chi connectivity index (χ1) is 35.3. The number of benzene rings is 9. The van der Waals surface area contributed by atoms with Crippen LogP contribution in [0.4, 0.5) is 0 Å². The Hall–Kier alpha value is -5.98. The molecule has 0 nitrogen and oxygen atoms in total. The highest BCUT2D eigenvalue weighted by molar-refractivity contribution is 6.24. The summed E-state index contributed by atoms with van der Waals surface area (Å²) in [5.74, 6) is 0. The van der Waals surface area contributed by atoms with E-state index in [0.717, 1.165) is 0 Å². The molecule has 46 heavy (non-hydrogen) atoms. The van der Waals surface area contributed by atoms with Crippen molar-refractivity contribution in [3.63, 3.8) is 0 Å². The van der Waals surface area contributed by atoms with Crippen molar-refractivity contribution >= 4 is 43.1 Å². The summed E-state index contributed by atoms with van der Waals surface area (Å²) in [5.41, 5.74) is -6.88. The lowest BCUT2D eigenvalue weighted by molar-refractivity contribution is 1.64. The van der Waals surface area contributed by atoms with E-state index in [2.05, 4.69) is 0 Å². The summed E-state index contributed by atoms with van der Waals surface area (Å²) in [6, 6.07) is -30.7. The summed E-state index contributed by atoms with van der Waals surface area (Å²) in [5, 5.41) is -6.49. The van der Waals surface area contributed by atoms with Crippen molar-refractivity contribution in [2.24, 2.45) is 0 Å². The van der Waals surface area contributed by atoms with Crippen molar-refractivity contribution in [1.29, 1.82) is 0 Å². The van der Waals surface area contributed by atoms with Gasteiger partial charge in [-0.05, 0) is 93.6 Å². The molecule has 0 heterocycles. The molecule has 9 aromatic rings. The normalized spacial score (nSPS) is 20.6. The van der Waals surface area contributed by atoms with E-state index in [1.54, 1.807) is 0 Å². The average molecular weight is 613 g/mol. The largest absolute Gasteiger partial charge is 0.0636 e. The van der Waals surface area contributed by atoms with Gasteiger partial charge in [-0.25, -0.2) is 0 Å². The first-order valence-electron chi connectivity index (χ1n) is 28.5. The summed E-state index contributed by atoms with van der Waals surface area (Å²) in [7, 11) is 0. The van der Waals surface area contributed by atoms with Gasteiger partial charge in [-0.15, -0.1) is 0 Å². The van der Waals surface area contributed by atoms with Crippen molar-refractivity contribution in [3.05, 3.63) is 181 Å². The van der Waals surface area contributed by atoms with E-state index in [-0.39, 0.29) is 0 Å². The van der Waals surface area contributed by atoms with E-state index in [1.807, 2.05) is 0 Å². The van der Waals surface area contributed by atoms with Crippen LogP contribution in [0, 0.1) is 0 Å². The third kappa shape index (κ3) is 4.23. The molecule has 0 radical (unpaired) electrons. The first kappa shape index (κ1) is 10.0. The highest BCUT2D eigenvalue weighted by Crippen LogP contribution is 2.47. The van der Waals surface area contributed by atoms with Crippen molar-refractivity contribution in [2.75, 3.05) is 0 Å². The lowest BCUT2D eigenvalue weighted by Gasteiger charge is -2.20. The Morgan fingerprint density at radius 1 is 0.261 bits per heavy atom. The summed E-state index contributed by atoms with van der Waals surface area (Å²) in [6.45, 7) is 0. The zero-order chi connectivity index (χ0) is 56.6. The van der Waals surface area contributed by atoms with Crippen molar-refractivity contribution in [1.82, 2.24) is 0 Å². The maximum Gasteiger partial charge on any atom is 0.0636 e. The fourth-order valence-electron chi connectivity index (χ4n) is 5.41. The van der Waals surface area contributed by atoms with Crippen molar-refractivity contribution in [3.8, 4) is 44.5 Å². The quantitative estimate of drug-likeness (QED) is 0.173. The Morgan fingerprint density at radius 3 is 1.50 bits per heavy atom. The predicted molar refractivity (Wildman–Crippen MR) is 198 cm³/mol. The van der Waals surface area contributed by atoms with E-state index in [0.29, 0.717) is 0 Å². The molecular formula is C46H30. The van der Waals surface area contributed by atoms with Gasteiger partial charge in [0.25, 0.3) is 0 Å². The van der Waals surface area contributed by atoms with Gasteiger partial charge >= 0.3 is 0 Å². The smallest absolute Gasteiger partial charge is 0.0622 e. The maximum atomic E-state index is 10.2. The van der Waals surface area contributed by atoms with Crippen molar-refractivity contribution in [2.45, 2.75) is 0 Å². The third-order valence-corrected chi connectivity index (χ3v) is 7.31. The van der Waals surface area contributed by atoms with Crippen LogP contribution in [0.5, 0.6) is 0 Å². The minimum absolute atomic E-state index is 0.673. The monoisotopic (exact) mass is 612 g/mol. The average Bonchev–Trinajstić information content (AvgIpc) is 3.40. The number of rotatable bonds is 4. The van der Waals surface area contributed by atoms with Gasteiger partial charge in [-0.2, -0.15) is 0 Å². The molecule has 0 heteroatoms. The molecule has 9 rings (SSSR count). The van der Waals surface area contributed by atoms with Gasteiger partial charge in [-0.3, -0.25) is 0 Å². The molecule has 0 fully saturated rings. The van der Waals surface area contributed by atoms with Crippen LogP contribution in [0.25, 0.3) is 87.6 Å². The van der Waals surface area contributed by atoms with Crippen LogP contribution in [-0.4, -0.2) is 0 Å². The second-order valence-corrected chi connectivity index (χ2v) is 9.75. The van der Waals surface area contributed by atoms with Gasteiger partial charge in [-0.1, -0.05) is 175 Å². The summed E-state index contributed by atoms with van der Waals surface area (Å²) >= 11 is 0. The Kier molecular flexibility index (Phi) is 2.37. The van der Waals surface area contributed by atoms with Crippen molar-refractivity contribution < 1.29 is 41.1 Å². The lowest BCUT2D eigenvalue weighted by Crippen LogP contribution is -1.93. The molecule has 0 amide bonds. The Bertz CT molecular complexity index is 4210. The Balaban J connectivity index is 1.72. The van der Waals surface area contributed by atoms with Gasteiger partial charge in [0, 0.05) is 0 Å². The van der Waals surface area contributed by atoms with Gasteiger partial charge in [0.15, 0.2) is 0 Å². The van der Waals surface area contributed by atoms with E-state index in [9.17, 15) is 16.4 Å². The number of hydrogen-bond acceptors (Lipinski definition) is 0. The maximum absolute atomic E-state index is 10.2. The predicted octanol–water partition coefficient (Wildman–Crippen LogP) is 13.0. The Morgan fingerprint density at radius 2 is 0.761 bits per heavy atom. The van der Waals surface area contributed by atoms with Crippen LogP contribution >= 0.6 is 0 Å². The zero-order valence-electron chi connectivity index (χ0n) is 53.0. The highest BCUT2D eigenvalue weighted by atomic mass is 14.2. The molecule has 0 saturated carbocycles. The topological polar surface area (TPSA) is 0 Å². The molecule has 0 bridgehead atoms. The van der Waals surface area contributed by atoms with Crippen LogP contribution in [-0.2, 0) is 0 Å². The molecule has 214 valence electrons. The SMILES string of the molecule is [2H]c1c([2H])c([2H])c(-c2c([2H])c([2H])c(-c3c4c([2H])c([2H])c([2H])c([2H])c4c(-c4c([2H])c([2H])c([2H])c([2H])c4[2H])c4c([2H])c(-c5c([2H])c([2H])c([2H])c6c([2H])c([2H])c([2H])c([2H])c56)c([2H])c([2H])c34)c3c([2H])c([2H])c([2H])c([2H])c23)c([2H])c1[2H]. The van der Waals surface area contributed by atoms with Crippen LogP contribution in [0.3, 0.4) is 0 Å². The molecule has 0 aliphatic heterocycles. The Labute approximate surface area is 311 Å². The number of fused-ring (bicyclic) bond motifs is 4. The van der Waals surface area contributed by atoms with E-state index >= 15 is 0 Å². The van der Waals surface area contributed by atoms with Crippen LogP contribution < -0.4 is 0 Å². The molecule has 0 unspecified atom stereocenters. The number of hydrogen-bond donors (Lipinski definition) is 0. The second-order valence-electron chi connectivity index (χ2n) is 9.75. The molecule has 0 N–H and O–H groups in total. The molecule has 0 atom stereocenters. The molecule has 0 saturated heterocycles. The van der Waals surface area contributed by atoms with Crippen LogP contribution in [0.15, 0.2) is 181 Å². The molecule has 0 aliphatic rings. The molecule has 0 spiro atoms. The van der Waals surface area contributed by atoms with Crippen LogP contribution in [0.2, 0.25) is 0 Å². The molecule has 0 aromatic heterocycles. The highest BCUT2D eigenvalue weighted by Gasteiger charge is 2.20. The van der Waals surface area contributed by atoms with Gasteiger partial charge in [0.1, 0.15) is 0 Å². The van der Waals surface area contributed by atoms with Gasteiger partial charge in [0.05, 0.1) is 41.1 Å². The molecule has 0 aliphatic carbocycles. The van der Waals surface area contributed by atoms with E-state index in [1.165, 1.54) is 0 Å². The van der Waals surface area contributed by atoms with Gasteiger partial charge < -0.3 is 0 Å². The standard InChI is InChI=1S/C46H30/c1-3-14-31(15-4-1)37-28-29-42(39-22-10-9-21-38(37)39)46-41-24-12-11-23-40(41)45(33-17-5-2-6-18-33)44-30-34(26-27-43(44)46)36-25-13-19-32-16-7-8-20-35(32)36/h1-30H/i1D,2D,3D,4D,5D,6D,7D,8D,9D,10D,11D,12D,13D,14D,15D,16D,17D,18D,19D,20D,21D,22D,23D,24D,25D,26D,27D,28D,29D,30D. The molecule has 9 aromatic carbocycles.